The molecule has 0 unspecified atom stereocenters. The van der Waals surface area contributed by atoms with E-state index >= 15 is 0 Å². The van der Waals surface area contributed by atoms with Crippen LogP contribution in [0.2, 0.25) is 0 Å². The van der Waals surface area contributed by atoms with Crippen molar-refractivity contribution in [2.75, 3.05) is 6.54 Å². The topological polar surface area (TPSA) is 66.4 Å². The van der Waals surface area contributed by atoms with Crippen LogP contribution in [-0.4, -0.2) is 24.0 Å². The van der Waals surface area contributed by atoms with E-state index in [4.69, 9.17) is 5.11 Å². The molecule has 1 aromatic rings. The highest BCUT2D eigenvalue weighted by Crippen LogP contribution is 2.08. The fourth-order valence-electron chi connectivity index (χ4n) is 1.58. The second-order valence-corrected chi connectivity index (χ2v) is 3.89. The number of carbonyl (C=O) groups is 2. The summed E-state index contributed by atoms with van der Waals surface area (Å²) in [6, 6.07) is 7.95. The van der Waals surface area contributed by atoms with Gasteiger partial charge in [-0.25, -0.2) is 0 Å². The Morgan fingerprint density at radius 2 is 1.76 bits per heavy atom. The van der Waals surface area contributed by atoms with Crippen LogP contribution in [0.1, 0.15) is 24.0 Å². The first-order valence-electron chi connectivity index (χ1n) is 5.69. The number of rotatable bonds is 8. The fourth-order valence-corrected chi connectivity index (χ4v) is 1.58. The maximum absolute atomic E-state index is 10.4. The maximum Gasteiger partial charge on any atom is 0.303 e. The smallest absolute Gasteiger partial charge is 0.303 e. The van der Waals surface area contributed by atoms with E-state index in [9.17, 15) is 9.59 Å². The molecule has 0 aliphatic rings. The molecule has 1 rings (SSSR count). The Balaban J connectivity index is 2.33. The molecule has 4 nitrogen and oxygen atoms in total. The fraction of sp³-hybridized carbons (Fsp3) is 0.385. The number of aliphatic carboxylic acids is 1. The molecule has 0 radical (unpaired) electrons. The highest BCUT2D eigenvalue weighted by molar-refractivity contribution is 5.67. The average molecular weight is 235 g/mol. The van der Waals surface area contributed by atoms with E-state index in [1.54, 1.807) is 0 Å². The first-order valence-corrected chi connectivity index (χ1v) is 5.69. The van der Waals surface area contributed by atoms with E-state index < -0.39 is 5.97 Å². The molecular weight excluding hydrogens is 218 g/mol. The van der Waals surface area contributed by atoms with Gasteiger partial charge in [-0.3, -0.25) is 9.59 Å². The molecule has 0 aliphatic carbocycles. The lowest BCUT2D eigenvalue weighted by molar-refractivity contribution is -0.137. The Kier molecular flexibility index (Phi) is 5.79. The Bertz CT molecular complexity index is 359. The van der Waals surface area contributed by atoms with Crippen LogP contribution in [0.3, 0.4) is 0 Å². The van der Waals surface area contributed by atoms with Crippen LogP contribution < -0.4 is 5.32 Å². The summed E-state index contributed by atoms with van der Waals surface area (Å²) in [6.45, 7) is 0.685. The number of carboxylic acids is 1. The molecule has 92 valence electrons. The Hall–Kier alpha value is -1.84. The zero-order valence-electron chi connectivity index (χ0n) is 9.69. The minimum atomic E-state index is -0.769. The van der Waals surface area contributed by atoms with Gasteiger partial charge >= 0.3 is 5.97 Å². The zero-order valence-corrected chi connectivity index (χ0v) is 9.69. The molecule has 17 heavy (non-hydrogen) atoms. The van der Waals surface area contributed by atoms with E-state index in [2.05, 4.69) is 5.32 Å². The van der Waals surface area contributed by atoms with Crippen LogP contribution in [0, 0.1) is 0 Å². The zero-order chi connectivity index (χ0) is 12.5. The van der Waals surface area contributed by atoms with Crippen molar-refractivity contribution in [1.82, 2.24) is 5.32 Å². The normalized spacial score (nSPS) is 9.88. The third kappa shape index (κ3) is 5.70. The number of aryl methyl sites for hydroxylation is 2. The molecule has 0 heterocycles. The van der Waals surface area contributed by atoms with Crippen molar-refractivity contribution >= 4 is 12.4 Å². The second-order valence-electron chi connectivity index (χ2n) is 3.89. The van der Waals surface area contributed by atoms with Crippen LogP contribution >= 0.6 is 0 Å². The predicted octanol–water partition coefficient (Wildman–Crippen LogP) is 1.38. The number of hydrogen-bond acceptors (Lipinski definition) is 2. The predicted molar refractivity (Wildman–Crippen MR) is 64.8 cm³/mol. The van der Waals surface area contributed by atoms with Gasteiger partial charge in [-0.15, -0.1) is 0 Å². The molecule has 0 spiro atoms. The lowest BCUT2D eigenvalue weighted by Crippen LogP contribution is -2.12. The monoisotopic (exact) mass is 235 g/mol. The third-order valence-corrected chi connectivity index (χ3v) is 2.52. The van der Waals surface area contributed by atoms with E-state index in [0.717, 1.165) is 18.4 Å². The van der Waals surface area contributed by atoms with Gasteiger partial charge in [0.1, 0.15) is 0 Å². The lowest BCUT2D eigenvalue weighted by Gasteiger charge is -2.03. The van der Waals surface area contributed by atoms with Gasteiger partial charge in [0.05, 0.1) is 0 Å². The van der Waals surface area contributed by atoms with Gasteiger partial charge in [-0.05, 0) is 30.4 Å². The SMILES string of the molecule is O=CNCCCc1ccc(CCC(=O)O)cc1. The summed E-state index contributed by atoms with van der Waals surface area (Å²) in [6.07, 6.45) is 3.27. The van der Waals surface area contributed by atoms with Gasteiger partial charge in [0.2, 0.25) is 6.41 Å². The highest BCUT2D eigenvalue weighted by atomic mass is 16.4. The first-order chi connectivity index (χ1) is 8.22. The van der Waals surface area contributed by atoms with E-state index in [1.807, 2.05) is 24.3 Å². The van der Waals surface area contributed by atoms with Gasteiger partial charge in [0, 0.05) is 13.0 Å². The largest absolute Gasteiger partial charge is 0.481 e. The summed E-state index contributed by atoms with van der Waals surface area (Å²) in [4.78, 5) is 20.4. The van der Waals surface area contributed by atoms with E-state index in [-0.39, 0.29) is 6.42 Å². The number of nitrogens with one attached hydrogen (secondary N) is 1. The standard InChI is InChI=1S/C13H17NO3/c15-10-14-9-1-2-11-3-5-12(6-4-11)7-8-13(16)17/h3-6,10H,1-2,7-9H2,(H,14,15)(H,16,17). The minimum absolute atomic E-state index is 0.169. The van der Waals surface area contributed by atoms with Crippen molar-refractivity contribution in [2.24, 2.45) is 0 Å². The molecule has 1 amide bonds. The summed E-state index contributed by atoms with van der Waals surface area (Å²) in [5.74, 6) is -0.769. The summed E-state index contributed by atoms with van der Waals surface area (Å²) < 4.78 is 0. The Morgan fingerprint density at radius 3 is 2.29 bits per heavy atom. The highest BCUT2D eigenvalue weighted by Gasteiger charge is 1.99. The number of benzene rings is 1. The Labute approximate surface area is 101 Å². The van der Waals surface area contributed by atoms with Crippen LogP contribution in [0.15, 0.2) is 24.3 Å². The molecule has 1 aromatic carbocycles. The molecule has 0 saturated heterocycles. The molecule has 0 aromatic heterocycles. The van der Waals surface area contributed by atoms with Crippen LogP contribution in [0.25, 0.3) is 0 Å². The summed E-state index contributed by atoms with van der Waals surface area (Å²) in [5, 5.41) is 11.2. The van der Waals surface area contributed by atoms with Gasteiger partial charge in [-0.1, -0.05) is 24.3 Å². The number of hydrogen-bond donors (Lipinski definition) is 2. The van der Waals surface area contributed by atoms with E-state index in [1.165, 1.54) is 5.56 Å². The minimum Gasteiger partial charge on any atom is -0.481 e. The molecule has 0 atom stereocenters. The van der Waals surface area contributed by atoms with Crippen LogP contribution in [0.4, 0.5) is 0 Å². The molecule has 0 bridgehead atoms. The third-order valence-electron chi connectivity index (χ3n) is 2.52. The Morgan fingerprint density at radius 1 is 1.18 bits per heavy atom. The second kappa shape index (κ2) is 7.44. The molecular formula is C13H17NO3. The van der Waals surface area contributed by atoms with Gasteiger partial charge in [0.15, 0.2) is 0 Å². The number of amides is 1. The van der Waals surface area contributed by atoms with Crippen LogP contribution in [-0.2, 0) is 22.4 Å². The first kappa shape index (κ1) is 13.2. The number of carbonyl (C=O) groups excluding carboxylic acids is 1. The quantitative estimate of drug-likeness (QED) is 0.528. The van der Waals surface area contributed by atoms with Crippen molar-refractivity contribution in [3.05, 3.63) is 35.4 Å². The van der Waals surface area contributed by atoms with Crippen molar-refractivity contribution in [1.29, 1.82) is 0 Å². The summed E-state index contributed by atoms with van der Waals surface area (Å²) in [5.41, 5.74) is 2.25. The summed E-state index contributed by atoms with van der Waals surface area (Å²) >= 11 is 0. The van der Waals surface area contributed by atoms with E-state index in [0.29, 0.717) is 19.4 Å². The van der Waals surface area contributed by atoms with Gasteiger partial charge in [-0.2, -0.15) is 0 Å². The molecule has 4 heteroatoms. The molecule has 0 aliphatic heterocycles. The average Bonchev–Trinajstić information content (AvgIpc) is 2.33. The lowest BCUT2D eigenvalue weighted by atomic mass is 10.0. The summed E-state index contributed by atoms with van der Waals surface area (Å²) in [7, 11) is 0. The van der Waals surface area contributed by atoms with Gasteiger partial charge < -0.3 is 10.4 Å². The molecule has 2 N–H and O–H groups in total. The van der Waals surface area contributed by atoms with Crippen molar-refractivity contribution in [3.63, 3.8) is 0 Å². The number of carboxylic acid groups (broad SMARTS) is 1. The molecule has 0 saturated carbocycles. The van der Waals surface area contributed by atoms with Crippen molar-refractivity contribution in [3.8, 4) is 0 Å². The van der Waals surface area contributed by atoms with Crippen molar-refractivity contribution < 1.29 is 14.7 Å². The maximum atomic E-state index is 10.4. The van der Waals surface area contributed by atoms with Crippen LogP contribution in [0.5, 0.6) is 0 Å². The molecule has 0 fully saturated rings. The van der Waals surface area contributed by atoms with Crippen molar-refractivity contribution in [2.45, 2.75) is 25.7 Å². The van der Waals surface area contributed by atoms with Gasteiger partial charge in [0.25, 0.3) is 0 Å².